The van der Waals surface area contributed by atoms with Gasteiger partial charge in [0, 0.05) is 12.5 Å². The smallest absolute Gasteiger partial charge is 0.300 e. The highest BCUT2D eigenvalue weighted by atomic mass is 16.4. The number of carboxylic acids is 1. The van der Waals surface area contributed by atoms with Gasteiger partial charge in [-0.05, 0) is 12.5 Å². The summed E-state index contributed by atoms with van der Waals surface area (Å²) in [7, 11) is 0. The summed E-state index contributed by atoms with van der Waals surface area (Å²) in [5.74, 6) is -0.833. The molecule has 0 saturated heterocycles. The molecule has 0 aliphatic heterocycles. The summed E-state index contributed by atoms with van der Waals surface area (Å²) in [6, 6.07) is 20.6. The topological polar surface area (TPSA) is 68.0 Å². The normalized spacial score (nSPS) is 9.83. The number of benzene rings is 2. The van der Waals surface area contributed by atoms with Crippen LogP contribution >= 0.6 is 0 Å². The first-order valence-electron chi connectivity index (χ1n) is 7.27. The van der Waals surface area contributed by atoms with Crippen molar-refractivity contribution in [3.8, 4) is 11.3 Å². The first-order valence-corrected chi connectivity index (χ1v) is 7.27. The van der Waals surface area contributed by atoms with Crippen molar-refractivity contribution in [1.29, 1.82) is 0 Å². The van der Waals surface area contributed by atoms with Gasteiger partial charge < -0.3 is 5.11 Å². The summed E-state index contributed by atoms with van der Waals surface area (Å²) >= 11 is 0. The second-order valence-corrected chi connectivity index (χ2v) is 5.05. The summed E-state index contributed by atoms with van der Waals surface area (Å²) in [6.07, 6.45) is 0. The molecule has 0 aliphatic rings. The minimum atomic E-state index is -0.833. The van der Waals surface area contributed by atoms with E-state index in [1.54, 1.807) is 0 Å². The fourth-order valence-electron chi connectivity index (χ4n) is 2.22. The average molecular weight is 309 g/mol. The molecular formula is C18H19N3O2. The Morgan fingerprint density at radius 1 is 1.04 bits per heavy atom. The maximum Gasteiger partial charge on any atom is 0.300 e. The maximum absolute atomic E-state index is 9.00. The maximum atomic E-state index is 9.00. The van der Waals surface area contributed by atoms with Crippen LogP contribution in [-0.4, -0.2) is 26.1 Å². The van der Waals surface area contributed by atoms with Gasteiger partial charge in [0.25, 0.3) is 5.97 Å². The van der Waals surface area contributed by atoms with E-state index in [4.69, 9.17) is 9.90 Å². The lowest BCUT2D eigenvalue weighted by Gasteiger charge is -2.07. The second kappa shape index (κ2) is 7.89. The van der Waals surface area contributed by atoms with Crippen molar-refractivity contribution in [3.05, 3.63) is 71.9 Å². The Kier molecular flexibility index (Phi) is 5.63. The van der Waals surface area contributed by atoms with Crippen molar-refractivity contribution in [3.63, 3.8) is 0 Å². The van der Waals surface area contributed by atoms with E-state index in [2.05, 4.69) is 34.6 Å². The summed E-state index contributed by atoms with van der Waals surface area (Å²) in [4.78, 5) is 9.00. The van der Waals surface area contributed by atoms with Gasteiger partial charge in [0.05, 0.1) is 17.9 Å². The highest BCUT2D eigenvalue weighted by Gasteiger charge is 2.11. The van der Waals surface area contributed by atoms with Gasteiger partial charge >= 0.3 is 0 Å². The van der Waals surface area contributed by atoms with E-state index >= 15 is 0 Å². The molecule has 5 nitrogen and oxygen atoms in total. The Morgan fingerprint density at radius 3 is 2.13 bits per heavy atom. The van der Waals surface area contributed by atoms with Gasteiger partial charge in [0.1, 0.15) is 0 Å². The van der Waals surface area contributed by atoms with Crippen LogP contribution in [0, 0.1) is 6.92 Å². The molecule has 3 aromatic rings. The number of hydrogen-bond acceptors (Lipinski definition) is 3. The third-order valence-corrected chi connectivity index (χ3v) is 3.13. The molecule has 0 bridgehead atoms. The highest BCUT2D eigenvalue weighted by molar-refractivity contribution is 5.63. The van der Waals surface area contributed by atoms with E-state index < -0.39 is 5.97 Å². The zero-order chi connectivity index (χ0) is 16.7. The molecule has 0 spiro atoms. The lowest BCUT2D eigenvalue weighted by atomic mass is 10.1. The van der Waals surface area contributed by atoms with Crippen LogP contribution in [0.15, 0.2) is 60.7 Å². The Labute approximate surface area is 135 Å². The molecule has 0 atom stereocenters. The van der Waals surface area contributed by atoms with Gasteiger partial charge in [-0.3, -0.25) is 4.79 Å². The van der Waals surface area contributed by atoms with Gasteiger partial charge in [-0.25, -0.2) is 4.68 Å². The van der Waals surface area contributed by atoms with Crippen LogP contribution < -0.4 is 0 Å². The van der Waals surface area contributed by atoms with E-state index in [1.165, 1.54) is 5.56 Å². The number of hydrogen-bond donors (Lipinski definition) is 1. The molecule has 2 aromatic carbocycles. The molecular weight excluding hydrogens is 290 g/mol. The van der Waals surface area contributed by atoms with Crippen molar-refractivity contribution >= 4 is 5.97 Å². The van der Waals surface area contributed by atoms with E-state index in [0.717, 1.165) is 30.4 Å². The Morgan fingerprint density at radius 2 is 1.57 bits per heavy atom. The zero-order valence-corrected chi connectivity index (χ0v) is 13.2. The van der Waals surface area contributed by atoms with Crippen LogP contribution in [0.25, 0.3) is 11.3 Å². The quantitative estimate of drug-likeness (QED) is 0.805. The number of carboxylic acid groups (broad SMARTS) is 1. The largest absolute Gasteiger partial charge is 0.481 e. The molecule has 0 saturated carbocycles. The number of nitrogens with zero attached hydrogens (tertiary/aromatic N) is 3. The number of carbonyl (C=O) groups is 1. The average Bonchev–Trinajstić information content (AvgIpc) is 2.89. The monoisotopic (exact) mass is 309 g/mol. The minimum absolute atomic E-state index is 0.742. The van der Waals surface area contributed by atoms with Crippen molar-refractivity contribution in [2.45, 2.75) is 20.4 Å². The number of aromatic nitrogens is 3. The summed E-state index contributed by atoms with van der Waals surface area (Å²) in [6.45, 7) is 3.82. The van der Waals surface area contributed by atoms with Gasteiger partial charge in [-0.15, -0.1) is 5.10 Å². The Hall–Kier alpha value is -2.95. The van der Waals surface area contributed by atoms with Crippen LogP contribution in [0.4, 0.5) is 0 Å². The van der Waals surface area contributed by atoms with E-state index in [0.29, 0.717) is 0 Å². The third-order valence-electron chi connectivity index (χ3n) is 3.13. The van der Waals surface area contributed by atoms with Gasteiger partial charge in [0.15, 0.2) is 0 Å². The molecule has 1 N–H and O–H groups in total. The van der Waals surface area contributed by atoms with Crippen LogP contribution in [0.5, 0.6) is 0 Å². The lowest BCUT2D eigenvalue weighted by molar-refractivity contribution is -0.134. The van der Waals surface area contributed by atoms with Crippen molar-refractivity contribution in [2.24, 2.45) is 0 Å². The fourth-order valence-corrected chi connectivity index (χ4v) is 2.22. The van der Waals surface area contributed by atoms with Crippen molar-refractivity contribution < 1.29 is 9.90 Å². The third kappa shape index (κ3) is 4.78. The summed E-state index contributed by atoms with van der Waals surface area (Å²) < 4.78 is 1.96. The number of aryl methyl sites for hydroxylation is 1. The van der Waals surface area contributed by atoms with Gasteiger partial charge in [-0.1, -0.05) is 65.9 Å². The molecule has 1 heterocycles. The number of aliphatic carboxylic acids is 1. The van der Waals surface area contributed by atoms with E-state index in [1.807, 2.05) is 48.0 Å². The Bertz CT molecular complexity index is 748. The lowest BCUT2D eigenvalue weighted by Crippen LogP contribution is -2.04. The SMILES string of the molecule is CC(=O)O.Cc1nnn(Cc2ccccc2)c1-c1ccccc1. The summed E-state index contributed by atoms with van der Waals surface area (Å²) in [5.41, 5.74) is 4.43. The second-order valence-electron chi connectivity index (χ2n) is 5.05. The summed E-state index contributed by atoms with van der Waals surface area (Å²) in [5, 5.41) is 15.9. The molecule has 0 unspecified atom stereocenters. The van der Waals surface area contributed by atoms with Crippen molar-refractivity contribution in [1.82, 2.24) is 15.0 Å². The molecule has 0 amide bonds. The van der Waals surface area contributed by atoms with Crippen LogP contribution in [0.2, 0.25) is 0 Å². The molecule has 5 heteroatoms. The van der Waals surface area contributed by atoms with Crippen LogP contribution in [-0.2, 0) is 11.3 Å². The minimum Gasteiger partial charge on any atom is -0.481 e. The molecule has 1 aromatic heterocycles. The first kappa shape index (κ1) is 16.4. The number of rotatable bonds is 3. The Balaban J connectivity index is 0.000000433. The fraction of sp³-hybridized carbons (Fsp3) is 0.167. The van der Waals surface area contributed by atoms with Gasteiger partial charge in [-0.2, -0.15) is 0 Å². The van der Waals surface area contributed by atoms with Crippen LogP contribution in [0.3, 0.4) is 0 Å². The first-order chi connectivity index (χ1) is 11.1. The van der Waals surface area contributed by atoms with Crippen LogP contribution in [0.1, 0.15) is 18.2 Å². The van der Waals surface area contributed by atoms with Gasteiger partial charge in [0.2, 0.25) is 0 Å². The molecule has 0 fully saturated rings. The predicted octanol–water partition coefficient (Wildman–Crippen LogP) is 3.39. The molecule has 0 radical (unpaired) electrons. The highest BCUT2D eigenvalue weighted by Crippen LogP contribution is 2.22. The molecule has 23 heavy (non-hydrogen) atoms. The predicted molar refractivity (Wildman–Crippen MR) is 89.0 cm³/mol. The van der Waals surface area contributed by atoms with Crippen molar-refractivity contribution in [2.75, 3.05) is 0 Å². The zero-order valence-electron chi connectivity index (χ0n) is 13.2. The standard InChI is InChI=1S/C16H15N3.C2H4O2/c1-13-16(15-10-6-3-7-11-15)19(18-17-13)12-14-8-4-2-5-9-14;1-2(3)4/h2-11H,12H2,1H3;1H3,(H,3,4). The molecule has 0 aliphatic carbocycles. The van der Waals surface area contributed by atoms with E-state index in [9.17, 15) is 0 Å². The van der Waals surface area contributed by atoms with E-state index in [-0.39, 0.29) is 0 Å². The molecule has 118 valence electrons. The molecule has 3 rings (SSSR count).